The molecule has 6 rings (SSSR count). The number of aromatic nitrogens is 7. The van der Waals surface area contributed by atoms with Gasteiger partial charge in [0.05, 0.1) is 64.3 Å². The van der Waals surface area contributed by atoms with Crippen molar-refractivity contribution in [3.63, 3.8) is 0 Å². The molecule has 0 spiro atoms. The Bertz CT molecular complexity index is 1710. The first kappa shape index (κ1) is 26.4. The van der Waals surface area contributed by atoms with Gasteiger partial charge in [-0.15, -0.1) is 16.4 Å². The minimum atomic E-state index is -0.830. The van der Waals surface area contributed by atoms with E-state index < -0.39 is 11.6 Å². The van der Waals surface area contributed by atoms with Crippen LogP contribution in [0, 0.1) is 18.6 Å². The van der Waals surface area contributed by atoms with Crippen LogP contribution in [0.4, 0.5) is 8.78 Å². The molecule has 0 saturated carbocycles. The number of amides is 1. The maximum Gasteiger partial charge on any atom is 0.255 e. The number of rotatable bonds is 7. The highest BCUT2D eigenvalue weighted by atomic mass is 79.9. The van der Waals surface area contributed by atoms with Gasteiger partial charge >= 0.3 is 0 Å². The molecule has 1 atom stereocenters. The first-order chi connectivity index (χ1) is 19.3. The Balaban J connectivity index is 1.25. The highest BCUT2D eigenvalue weighted by Crippen LogP contribution is 2.33. The van der Waals surface area contributed by atoms with Crippen LogP contribution in [0.5, 0.6) is 0 Å². The zero-order valence-electron chi connectivity index (χ0n) is 21.5. The zero-order chi connectivity index (χ0) is 28.0. The average molecular weight is 626 g/mol. The van der Waals surface area contributed by atoms with Gasteiger partial charge in [-0.25, -0.2) is 18.4 Å². The first-order valence-corrected chi connectivity index (χ1v) is 14.2. The Morgan fingerprint density at radius 3 is 2.70 bits per heavy atom. The predicted octanol–water partition coefficient (Wildman–Crippen LogP) is 5.49. The normalized spacial score (nSPS) is 13.4. The Morgan fingerprint density at radius 1 is 1.20 bits per heavy atom. The van der Waals surface area contributed by atoms with E-state index in [2.05, 4.69) is 41.6 Å². The second-order valence-corrected chi connectivity index (χ2v) is 11.5. The second-order valence-electron chi connectivity index (χ2n) is 9.55. The lowest BCUT2D eigenvalue weighted by Crippen LogP contribution is -2.28. The third-order valence-corrected chi connectivity index (χ3v) is 8.68. The Labute approximate surface area is 240 Å². The fraction of sp³-hybridized carbons (Fsp3) is 0.259. The summed E-state index contributed by atoms with van der Waals surface area (Å²) < 4.78 is 32.7. The van der Waals surface area contributed by atoms with Gasteiger partial charge in [0.1, 0.15) is 10.7 Å². The zero-order valence-corrected chi connectivity index (χ0v) is 23.9. The van der Waals surface area contributed by atoms with Gasteiger partial charge in [0, 0.05) is 16.6 Å². The smallest absolute Gasteiger partial charge is 0.255 e. The molecule has 5 aromatic rings. The van der Waals surface area contributed by atoms with E-state index in [0.29, 0.717) is 17.8 Å². The molecule has 0 radical (unpaired) electrons. The van der Waals surface area contributed by atoms with Crippen LogP contribution in [0.1, 0.15) is 51.7 Å². The minimum absolute atomic E-state index is 0.0334. The SMILES string of the molecule is Cc1nc(-c2ccc(Br)cc2)sc1C(C)NC(=O)c1c(Cn2cc(-c3c(F)cncc3F)nn2)nn2c1CCC2. The number of hydrogen-bond donors (Lipinski definition) is 1. The van der Waals surface area contributed by atoms with Crippen LogP contribution in [0.3, 0.4) is 0 Å². The molecule has 1 aliphatic heterocycles. The van der Waals surface area contributed by atoms with Crippen molar-refractivity contribution >= 4 is 33.2 Å². The minimum Gasteiger partial charge on any atom is -0.345 e. The molecule has 0 aliphatic carbocycles. The molecule has 1 unspecified atom stereocenters. The molecular formula is C27H23BrF2N8OS. The van der Waals surface area contributed by atoms with Crippen LogP contribution in [0.2, 0.25) is 0 Å². The van der Waals surface area contributed by atoms with E-state index in [1.54, 1.807) is 11.3 Å². The van der Waals surface area contributed by atoms with E-state index in [9.17, 15) is 13.6 Å². The summed E-state index contributed by atoms with van der Waals surface area (Å²) in [6.07, 6.45) is 4.91. The number of fused-ring (bicyclic) bond motifs is 1. The van der Waals surface area contributed by atoms with Crippen molar-refractivity contribution in [2.24, 2.45) is 0 Å². The van der Waals surface area contributed by atoms with E-state index in [1.807, 2.05) is 42.8 Å². The molecule has 1 N–H and O–H groups in total. The van der Waals surface area contributed by atoms with Crippen LogP contribution >= 0.6 is 27.3 Å². The second kappa shape index (κ2) is 10.6. The van der Waals surface area contributed by atoms with Crippen molar-refractivity contribution in [1.82, 2.24) is 40.1 Å². The lowest BCUT2D eigenvalue weighted by Gasteiger charge is -2.14. The average Bonchev–Trinajstić information content (AvgIpc) is 3.69. The first-order valence-electron chi connectivity index (χ1n) is 12.6. The van der Waals surface area contributed by atoms with Gasteiger partial charge in [-0.05, 0) is 38.8 Å². The van der Waals surface area contributed by atoms with Crippen molar-refractivity contribution in [2.45, 2.75) is 45.8 Å². The molecule has 5 heterocycles. The molecule has 1 amide bonds. The van der Waals surface area contributed by atoms with Gasteiger partial charge in [-0.3, -0.25) is 14.5 Å². The Hall–Kier alpha value is -3.84. The lowest BCUT2D eigenvalue weighted by molar-refractivity contribution is 0.0938. The fourth-order valence-electron chi connectivity index (χ4n) is 4.92. The van der Waals surface area contributed by atoms with Crippen LogP contribution in [-0.4, -0.2) is 40.6 Å². The van der Waals surface area contributed by atoms with Gasteiger partial charge in [0.25, 0.3) is 5.91 Å². The molecule has 4 aromatic heterocycles. The number of halogens is 3. The van der Waals surface area contributed by atoms with Crippen molar-refractivity contribution < 1.29 is 13.6 Å². The standard InChI is InChI=1S/C27H23BrF2N8OS/c1-14(25-15(2)33-27(40-25)16-5-7-17(28)8-6-16)32-26(39)24-21(35-38-9-3-4-22(24)38)13-37-12-20(34-36-37)23-18(29)10-31-11-19(23)30/h5-8,10-12,14H,3-4,9,13H2,1-2H3,(H,32,39). The van der Waals surface area contributed by atoms with Crippen LogP contribution < -0.4 is 5.32 Å². The lowest BCUT2D eigenvalue weighted by atomic mass is 10.1. The summed E-state index contributed by atoms with van der Waals surface area (Å²) in [6, 6.07) is 7.67. The van der Waals surface area contributed by atoms with Crippen LogP contribution in [-0.2, 0) is 19.5 Å². The van der Waals surface area contributed by atoms with Crippen LogP contribution in [0.25, 0.3) is 21.8 Å². The highest BCUT2D eigenvalue weighted by molar-refractivity contribution is 9.10. The van der Waals surface area contributed by atoms with Crippen molar-refractivity contribution in [3.8, 4) is 21.8 Å². The molecule has 0 bridgehead atoms. The number of carbonyl (C=O) groups is 1. The molecular weight excluding hydrogens is 602 g/mol. The molecule has 204 valence electrons. The third kappa shape index (κ3) is 4.94. The van der Waals surface area contributed by atoms with Crippen molar-refractivity contribution in [3.05, 3.63) is 86.5 Å². The van der Waals surface area contributed by atoms with E-state index >= 15 is 0 Å². The van der Waals surface area contributed by atoms with E-state index in [-0.39, 0.29) is 29.8 Å². The molecule has 9 nitrogen and oxygen atoms in total. The number of benzene rings is 1. The molecule has 40 heavy (non-hydrogen) atoms. The highest BCUT2D eigenvalue weighted by Gasteiger charge is 2.29. The van der Waals surface area contributed by atoms with Crippen molar-refractivity contribution in [2.75, 3.05) is 0 Å². The number of nitrogens with one attached hydrogen (secondary N) is 1. The fourth-order valence-corrected chi connectivity index (χ4v) is 6.26. The van der Waals surface area contributed by atoms with E-state index in [1.165, 1.54) is 10.9 Å². The number of hydrogen-bond acceptors (Lipinski definition) is 7. The number of thiazole rings is 1. The van der Waals surface area contributed by atoms with Gasteiger partial charge in [-0.2, -0.15) is 5.10 Å². The largest absolute Gasteiger partial charge is 0.345 e. The monoisotopic (exact) mass is 624 g/mol. The number of nitrogens with zero attached hydrogens (tertiary/aromatic N) is 7. The summed E-state index contributed by atoms with van der Waals surface area (Å²) in [4.78, 5) is 22.9. The topological polar surface area (TPSA) is 103 Å². The molecule has 13 heteroatoms. The summed E-state index contributed by atoms with van der Waals surface area (Å²) in [7, 11) is 0. The van der Waals surface area contributed by atoms with Gasteiger partial charge in [0.2, 0.25) is 0 Å². The van der Waals surface area contributed by atoms with E-state index in [0.717, 1.165) is 56.5 Å². The molecule has 0 fully saturated rings. The van der Waals surface area contributed by atoms with Gasteiger partial charge in [-0.1, -0.05) is 33.3 Å². The summed E-state index contributed by atoms with van der Waals surface area (Å²) >= 11 is 5.01. The maximum atomic E-state index is 14.2. The predicted molar refractivity (Wildman–Crippen MR) is 149 cm³/mol. The van der Waals surface area contributed by atoms with Crippen molar-refractivity contribution in [1.29, 1.82) is 0 Å². The van der Waals surface area contributed by atoms with Crippen LogP contribution in [0.15, 0.2) is 47.3 Å². The number of pyridine rings is 1. The summed E-state index contributed by atoms with van der Waals surface area (Å²) in [5.74, 6) is -1.90. The summed E-state index contributed by atoms with van der Waals surface area (Å²) in [5.41, 5.74) is 3.48. The van der Waals surface area contributed by atoms with Gasteiger partial charge < -0.3 is 5.32 Å². The Kier molecular flexibility index (Phi) is 7.00. The van der Waals surface area contributed by atoms with Gasteiger partial charge in [0.15, 0.2) is 11.6 Å². The number of aryl methyl sites for hydroxylation is 2. The quantitative estimate of drug-likeness (QED) is 0.257. The maximum absolute atomic E-state index is 14.2. The number of carbonyl (C=O) groups excluding carboxylic acids is 1. The summed E-state index contributed by atoms with van der Waals surface area (Å²) in [5, 5.41) is 16.7. The van der Waals surface area contributed by atoms with E-state index in [4.69, 9.17) is 4.98 Å². The summed E-state index contributed by atoms with van der Waals surface area (Å²) in [6.45, 7) is 4.71. The molecule has 1 aromatic carbocycles. The third-order valence-electron chi connectivity index (χ3n) is 6.77. The molecule has 1 aliphatic rings. The molecule has 0 saturated heterocycles. The Morgan fingerprint density at radius 2 is 1.95 bits per heavy atom.